The van der Waals surface area contributed by atoms with Crippen LogP contribution in [0, 0.1) is 6.92 Å². The quantitative estimate of drug-likeness (QED) is 0.531. The van der Waals surface area contributed by atoms with Crippen LogP contribution in [0.25, 0.3) is 11.0 Å². The molecule has 1 aliphatic heterocycles. The maximum Gasteiger partial charge on any atom is 0.269 e. The van der Waals surface area contributed by atoms with E-state index in [9.17, 15) is 14.4 Å². The van der Waals surface area contributed by atoms with Gasteiger partial charge in [0.25, 0.3) is 17.7 Å². The third-order valence-electron chi connectivity index (χ3n) is 4.88. The normalized spacial score (nSPS) is 11.9. The summed E-state index contributed by atoms with van der Waals surface area (Å²) >= 11 is 0. The molecule has 10 heteroatoms. The number of hydrazine groups is 1. The first kappa shape index (κ1) is 20.2. The van der Waals surface area contributed by atoms with Gasteiger partial charge in [0.1, 0.15) is 5.82 Å². The van der Waals surface area contributed by atoms with Gasteiger partial charge in [-0.15, -0.1) is 0 Å². The molecule has 3 N–H and O–H groups in total. The molecular formula is C21H21N5O5. The zero-order valence-corrected chi connectivity index (χ0v) is 17.0. The first-order valence-corrected chi connectivity index (χ1v) is 9.70. The fourth-order valence-electron chi connectivity index (χ4n) is 3.33. The average Bonchev–Trinajstić information content (AvgIpc) is 3.37. The number of amides is 3. The van der Waals surface area contributed by atoms with Crippen molar-refractivity contribution in [3.63, 3.8) is 0 Å². The molecule has 1 aromatic heterocycles. The van der Waals surface area contributed by atoms with E-state index in [1.807, 2.05) is 24.5 Å². The van der Waals surface area contributed by atoms with Gasteiger partial charge in [-0.25, -0.2) is 4.98 Å². The van der Waals surface area contributed by atoms with Crippen LogP contribution in [0.3, 0.4) is 0 Å². The third kappa shape index (κ3) is 4.13. The van der Waals surface area contributed by atoms with Gasteiger partial charge < -0.3 is 19.4 Å². The second-order valence-corrected chi connectivity index (χ2v) is 6.86. The lowest BCUT2D eigenvalue weighted by molar-refractivity contribution is -0.120. The zero-order valence-electron chi connectivity index (χ0n) is 17.0. The number of hydrogen-bond acceptors (Lipinski definition) is 6. The minimum Gasteiger partial charge on any atom is -0.454 e. The summed E-state index contributed by atoms with van der Waals surface area (Å²) in [6.07, 6.45) is 0. The van der Waals surface area contributed by atoms with Crippen molar-refractivity contribution in [2.24, 2.45) is 0 Å². The Kier molecular flexibility index (Phi) is 5.44. The molecule has 1 aliphatic rings. The summed E-state index contributed by atoms with van der Waals surface area (Å²) < 4.78 is 12.5. The Hall–Kier alpha value is -4.08. The topological polar surface area (TPSA) is 124 Å². The number of nitrogens with one attached hydrogen (secondary N) is 3. The van der Waals surface area contributed by atoms with Gasteiger partial charge in [0.15, 0.2) is 11.5 Å². The monoisotopic (exact) mass is 423 g/mol. The standard InChI is InChI=1S/C21H21N5O5/c1-3-26-12(2)23-15-8-13(4-6-16(15)26)21(29)25-24-19(27)10-22-20(28)14-5-7-17-18(9-14)31-11-30-17/h4-9H,3,10-11H2,1-2H3,(H,22,28)(H,24,27)(H,25,29). The number of nitrogens with zero attached hydrogens (tertiary/aromatic N) is 2. The maximum atomic E-state index is 12.3. The Morgan fingerprint density at radius 3 is 2.55 bits per heavy atom. The molecular weight excluding hydrogens is 402 g/mol. The van der Waals surface area contributed by atoms with Crippen LogP contribution in [0.15, 0.2) is 36.4 Å². The minimum absolute atomic E-state index is 0.107. The molecule has 0 saturated heterocycles. The average molecular weight is 423 g/mol. The van der Waals surface area contributed by atoms with E-state index in [2.05, 4.69) is 21.2 Å². The summed E-state index contributed by atoms with van der Waals surface area (Å²) in [4.78, 5) is 41.0. The highest BCUT2D eigenvalue weighted by atomic mass is 16.7. The van der Waals surface area contributed by atoms with E-state index in [0.29, 0.717) is 28.1 Å². The predicted octanol–water partition coefficient (Wildman–Crippen LogP) is 1.28. The number of fused-ring (bicyclic) bond motifs is 2. The highest BCUT2D eigenvalue weighted by molar-refractivity contribution is 5.99. The van der Waals surface area contributed by atoms with Crippen molar-refractivity contribution in [1.29, 1.82) is 0 Å². The van der Waals surface area contributed by atoms with Crippen molar-refractivity contribution in [3.05, 3.63) is 53.3 Å². The van der Waals surface area contributed by atoms with E-state index in [0.717, 1.165) is 17.9 Å². The van der Waals surface area contributed by atoms with Gasteiger partial charge in [0.05, 0.1) is 17.6 Å². The van der Waals surface area contributed by atoms with E-state index >= 15 is 0 Å². The van der Waals surface area contributed by atoms with E-state index in [-0.39, 0.29) is 13.3 Å². The van der Waals surface area contributed by atoms with Crippen molar-refractivity contribution in [1.82, 2.24) is 25.7 Å². The highest BCUT2D eigenvalue weighted by Gasteiger charge is 2.17. The molecule has 0 aliphatic carbocycles. The van der Waals surface area contributed by atoms with Crippen LogP contribution in [0.4, 0.5) is 0 Å². The van der Waals surface area contributed by atoms with Crippen molar-refractivity contribution in [2.45, 2.75) is 20.4 Å². The first-order chi connectivity index (χ1) is 15.0. The molecule has 160 valence electrons. The summed E-state index contributed by atoms with van der Waals surface area (Å²) in [5.41, 5.74) is 6.95. The van der Waals surface area contributed by atoms with E-state index in [1.54, 1.807) is 24.3 Å². The van der Waals surface area contributed by atoms with Crippen LogP contribution in [-0.2, 0) is 11.3 Å². The van der Waals surface area contributed by atoms with Crippen LogP contribution in [-0.4, -0.2) is 40.6 Å². The molecule has 10 nitrogen and oxygen atoms in total. The number of carbonyl (C=O) groups excluding carboxylic acids is 3. The fraction of sp³-hybridized carbons (Fsp3) is 0.238. The zero-order chi connectivity index (χ0) is 22.0. The molecule has 0 unspecified atom stereocenters. The van der Waals surface area contributed by atoms with Crippen molar-refractivity contribution < 1.29 is 23.9 Å². The molecule has 0 spiro atoms. The van der Waals surface area contributed by atoms with Crippen LogP contribution < -0.4 is 25.6 Å². The SMILES string of the molecule is CCn1c(C)nc2cc(C(=O)NNC(=O)CNC(=O)c3ccc4c(c3)OCO4)ccc21. The van der Waals surface area contributed by atoms with Crippen LogP contribution >= 0.6 is 0 Å². The summed E-state index contributed by atoms with van der Waals surface area (Å²) in [6, 6.07) is 9.88. The minimum atomic E-state index is -0.574. The summed E-state index contributed by atoms with van der Waals surface area (Å²) in [7, 11) is 0. The number of imidazole rings is 1. The predicted molar refractivity (Wildman–Crippen MR) is 111 cm³/mol. The lowest BCUT2D eigenvalue weighted by Crippen LogP contribution is -2.46. The van der Waals surface area contributed by atoms with E-state index < -0.39 is 17.7 Å². The molecule has 3 aromatic rings. The fourth-order valence-corrected chi connectivity index (χ4v) is 3.33. The van der Waals surface area contributed by atoms with Crippen LogP contribution in [0.1, 0.15) is 33.5 Å². The van der Waals surface area contributed by atoms with Gasteiger partial charge in [0, 0.05) is 17.7 Å². The Labute approximate surface area is 177 Å². The van der Waals surface area contributed by atoms with Crippen molar-refractivity contribution in [2.75, 3.05) is 13.3 Å². The van der Waals surface area contributed by atoms with Crippen LogP contribution in [0.2, 0.25) is 0 Å². The Morgan fingerprint density at radius 1 is 1.00 bits per heavy atom. The second-order valence-electron chi connectivity index (χ2n) is 6.86. The lowest BCUT2D eigenvalue weighted by atomic mass is 10.2. The summed E-state index contributed by atoms with van der Waals surface area (Å²) in [6.45, 7) is 4.50. The molecule has 2 heterocycles. The number of benzene rings is 2. The number of aryl methyl sites for hydroxylation is 2. The van der Waals surface area contributed by atoms with Gasteiger partial charge in [-0.05, 0) is 50.2 Å². The highest BCUT2D eigenvalue weighted by Crippen LogP contribution is 2.32. The second kappa shape index (κ2) is 8.34. The number of ether oxygens (including phenoxy) is 2. The Morgan fingerprint density at radius 2 is 1.74 bits per heavy atom. The molecule has 0 saturated carbocycles. The van der Waals surface area contributed by atoms with Crippen LogP contribution in [0.5, 0.6) is 11.5 Å². The molecule has 0 bridgehead atoms. The molecule has 2 aromatic carbocycles. The molecule has 0 radical (unpaired) electrons. The van der Waals surface area contributed by atoms with Gasteiger partial charge >= 0.3 is 0 Å². The number of rotatable bonds is 5. The molecule has 0 atom stereocenters. The summed E-state index contributed by atoms with van der Waals surface area (Å²) in [5.74, 6) is 0.386. The maximum absolute atomic E-state index is 12.3. The van der Waals surface area contributed by atoms with Gasteiger partial charge in [-0.3, -0.25) is 25.2 Å². The molecule has 4 rings (SSSR count). The third-order valence-corrected chi connectivity index (χ3v) is 4.88. The van der Waals surface area contributed by atoms with Crippen molar-refractivity contribution in [3.8, 4) is 11.5 Å². The molecule has 31 heavy (non-hydrogen) atoms. The van der Waals surface area contributed by atoms with Crippen molar-refractivity contribution >= 4 is 28.8 Å². The van der Waals surface area contributed by atoms with Gasteiger partial charge in [-0.2, -0.15) is 0 Å². The molecule has 0 fully saturated rings. The van der Waals surface area contributed by atoms with E-state index in [1.165, 1.54) is 6.07 Å². The Balaban J connectivity index is 1.30. The first-order valence-electron chi connectivity index (χ1n) is 9.70. The van der Waals surface area contributed by atoms with Gasteiger partial charge in [-0.1, -0.05) is 0 Å². The van der Waals surface area contributed by atoms with Gasteiger partial charge in [0.2, 0.25) is 6.79 Å². The number of hydrogen-bond donors (Lipinski definition) is 3. The Bertz CT molecular complexity index is 1190. The largest absolute Gasteiger partial charge is 0.454 e. The smallest absolute Gasteiger partial charge is 0.269 e. The molecule has 3 amide bonds. The number of aromatic nitrogens is 2. The van der Waals surface area contributed by atoms with E-state index in [4.69, 9.17) is 9.47 Å². The summed E-state index contributed by atoms with van der Waals surface area (Å²) in [5, 5.41) is 2.48. The number of carbonyl (C=O) groups is 3. The lowest BCUT2D eigenvalue weighted by Gasteiger charge is -2.09.